The Morgan fingerprint density at radius 3 is 1.70 bits per heavy atom. The Morgan fingerprint density at radius 2 is 1.20 bits per heavy atom. The van der Waals surface area contributed by atoms with Crippen molar-refractivity contribution in [2.75, 3.05) is 17.2 Å². The van der Waals surface area contributed by atoms with E-state index < -0.39 is 53.3 Å². The van der Waals surface area contributed by atoms with Crippen molar-refractivity contribution < 1.29 is 43.3 Å². The summed E-state index contributed by atoms with van der Waals surface area (Å²) < 4.78 is 10.8. The summed E-state index contributed by atoms with van der Waals surface area (Å²) in [5.74, 6) is -1.88. The van der Waals surface area contributed by atoms with Gasteiger partial charge in [0.2, 0.25) is 17.7 Å². The molecule has 3 aromatic rings. The van der Waals surface area contributed by atoms with Crippen LogP contribution in [0.3, 0.4) is 0 Å². The molecule has 1 saturated heterocycles. The lowest BCUT2D eigenvalue weighted by Gasteiger charge is -2.26. The maximum Gasteiger partial charge on any atom is 0.412 e. The van der Waals surface area contributed by atoms with Crippen LogP contribution >= 0.6 is 0 Å². The summed E-state index contributed by atoms with van der Waals surface area (Å²) in [6.45, 7) is 9.17. The van der Waals surface area contributed by atoms with E-state index in [-0.39, 0.29) is 44.0 Å². The zero-order chi connectivity index (χ0) is 40.9. The third kappa shape index (κ3) is 14.1. The molecule has 1 aliphatic rings. The predicted octanol–water partition coefficient (Wildman–Crippen LogP) is 5.54. The molecule has 5 amide bonds. The number of nitrogens with one attached hydrogen (secondary N) is 5. The van der Waals surface area contributed by atoms with Gasteiger partial charge < -0.3 is 30.5 Å². The average molecular weight is 772 g/mol. The number of rotatable bonds is 19. The number of unbranched alkanes of at least 4 members (excludes halogenated alkanes) is 2. The Morgan fingerprint density at radius 1 is 0.714 bits per heavy atom. The normalized spacial score (nSPS) is 16.3. The first-order valence-electron chi connectivity index (χ1n) is 18.8. The van der Waals surface area contributed by atoms with Crippen LogP contribution < -0.4 is 26.6 Å². The third-order valence-electron chi connectivity index (χ3n) is 8.99. The highest BCUT2D eigenvalue weighted by molar-refractivity contribution is 5.98. The summed E-state index contributed by atoms with van der Waals surface area (Å²) >= 11 is 0. The van der Waals surface area contributed by atoms with E-state index in [9.17, 15) is 28.8 Å². The Kier molecular flexibility index (Phi) is 15.1. The fraction of sp³-hybridized carbons (Fsp3) is 0.429. The van der Waals surface area contributed by atoms with Crippen LogP contribution in [-0.4, -0.2) is 76.7 Å². The van der Waals surface area contributed by atoms with Gasteiger partial charge in [0.25, 0.3) is 0 Å². The summed E-state index contributed by atoms with van der Waals surface area (Å²) in [6.07, 6.45) is 0.962. The van der Waals surface area contributed by atoms with Crippen LogP contribution in [0.15, 0.2) is 78.9 Å². The quantitative estimate of drug-likeness (QED) is 0.0668. The number of carboxylic acid groups (broad SMARTS) is 1. The van der Waals surface area contributed by atoms with Gasteiger partial charge in [0.15, 0.2) is 5.78 Å². The van der Waals surface area contributed by atoms with Crippen LogP contribution in [0, 0.1) is 0 Å². The van der Waals surface area contributed by atoms with Crippen molar-refractivity contribution >= 4 is 47.1 Å². The third-order valence-corrected chi connectivity index (χ3v) is 8.99. The van der Waals surface area contributed by atoms with Gasteiger partial charge in [0.05, 0.1) is 12.6 Å². The van der Waals surface area contributed by atoms with E-state index in [4.69, 9.17) is 14.6 Å². The largest absolute Gasteiger partial charge is 0.465 e. The monoisotopic (exact) mass is 771 g/mol. The first-order valence-corrected chi connectivity index (χ1v) is 18.8. The van der Waals surface area contributed by atoms with Gasteiger partial charge in [-0.2, -0.15) is 0 Å². The smallest absolute Gasteiger partial charge is 0.412 e. The number of hydrogen-bond donors (Lipinski definition) is 6. The molecule has 56 heavy (non-hydrogen) atoms. The van der Waals surface area contributed by atoms with E-state index in [1.54, 1.807) is 76.2 Å². The first-order chi connectivity index (χ1) is 26.5. The summed E-state index contributed by atoms with van der Waals surface area (Å²) in [7, 11) is 0. The maximum atomic E-state index is 14.2. The van der Waals surface area contributed by atoms with Crippen LogP contribution in [0.2, 0.25) is 0 Å². The highest BCUT2D eigenvalue weighted by Gasteiger charge is 2.50. The van der Waals surface area contributed by atoms with Crippen molar-refractivity contribution in [3.05, 3.63) is 95.6 Å². The lowest BCUT2D eigenvalue weighted by molar-refractivity contribution is -0.134. The molecule has 0 aliphatic carbocycles. The molecule has 6 N–H and O–H groups in total. The van der Waals surface area contributed by atoms with E-state index in [1.807, 2.05) is 37.3 Å². The second-order valence-corrected chi connectivity index (χ2v) is 15.1. The molecule has 1 heterocycles. The van der Waals surface area contributed by atoms with Gasteiger partial charge in [-0.05, 0) is 81.5 Å². The standard InChI is InChI=1S/C42H53N5O9/c1-6-7-9-14-35(48)45-33(24-28-15-19-30(20-16-28)43-39(52)53)37(50)47-34(25-29-17-21-31(22-18-29)44-40(54)56-41(2,3)4)38(51)46-32(36(49)42(5)26-55-42)23-27-12-10-8-11-13-27/h8,10-13,15-22,32-34,43H,6-7,9,14,23-26H2,1-5H3,(H,44,54)(H,45,48)(H,46,51)(H,47,50)(H,52,53). The molecule has 0 saturated carbocycles. The van der Waals surface area contributed by atoms with Gasteiger partial charge in [-0.1, -0.05) is 74.4 Å². The minimum atomic E-state index is -1.22. The van der Waals surface area contributed by atoms with E-state index in [0.717, 1.165) is 18.4 Å². The molecule has 4 rings (SSSR count). The molecule has 14 nitrogen and oxygen atoms in total. The van der Waals surface area contributed by atoms with E-state index >= 15 is 0 Å². The van der Waals surface area contributed by atoms with Crippen molar-refractivity contribution in [1.82, 2.24) is 16.0 Å². The van der Waals surface area contributed by atoms with Crippen molar-refractivity contribution in [3.8, 4) is 0 Å². The molecule has 1 fully saturated rings. The lowest BCUT2D eigenvalue weighted by Crippen LogP contribution is -2.58. The molecular formula is C42H53N5O9. The number of carbonyl (C=O) groups excluding carboxylic acids is 5. The zero-order valence-electron chi connectivity index (χ0n) is 32.6. The number of benzene rings is 3. The molecule has 0 radical (unpaired) electrons. The van der Waals surface area contributed by atoms with Gasteiger partial charge in [-0.25, -0.2) is 9.59 Å². The summed E-state index contributed by atoms with van der Waals surface area (Å²) in [4.78, 5) is 78.6. The highest BCUT2D eigenvalue weighted by Crippen LogP contribution is 2.29. The minimum Gasteiger partial charge on any atom is -0.465 e. The summed E-state index contributed by atoms with van der Waals surface area (Å²) in [5.41, 5.74) is 1.14. The molecule has 14 heteroatoms. The molecule has 3 aromatic carbocycles. The summed E-state index contributed by atoms with van der Waals surface area (Å²) in [5, 5.41) is 22.6. The van der Waals surface area contributed by atoms with Crippen molar-refractivity contribution in [2.24, 2.45) is 0 Å². The number of ether oxygens (including phenoxy) is 2. The van der Waals surface area contributed by atoms with Gasteiger partial charge in [0, 0.05) is 30.6 Å². The van der Waals surface area contributed by atoms with Crippen LogP contribution in [0.5, 0.6) is 0 Å². The van der Waals surface area contributed by atoms with Gasteiger partial charge >= 0.3 is 12.2 Å². The SMILES string of the molecule is CCCCCC(=O)NC(Cc1ccc(NC(=O)O)cc1)C(=O)NC(Cc1ccc(NC(=O)OC(C)(C)C)cc1)C(=O)NC(Cc1ccccc1)C(=O)C1(C)CO1. The van der Waals surface area contributed by atoms with Crippen LogP contribution in [0.1, 0.15) is 77.0 Å². The maximum absolute atomic E-state index is 14.2. The van der Waals surface area contributed by atoms with E-state index in [1.165, 1.54) is 0 Å². The first kappa shape index (κ1) is 43.0. The van der Waals surface area contributed by atoms with Crippen LogP contribution in [0.25, 0.3) is 0 Å². The number of amides is 5. The minimum absolute atomic E-state index is 0.00295. The predicted molar refractivity (Wildman–Crippen MR) is 211 cm³/mol. The number of ketones is 1. The topological polar surface area (TPSA) is 205 Å². The fourth-order valence-electron chi connectivity index (χ4n) is 5.91. The van der Waals surface area contributed by atoms with E-state index in [0.29, 0.717) is 28.9 Å². The van der Waals surface area contributed by atoms with Crippen LogP contribution in [-0.2, 0) is 47.9 Å². The molecule has 0 bridgehead atoms. The molecule has 0 aromatic heterocycles. The number of anilines is 2. The number of hydrogen-bond acceptors (Lipinski definition) is 8. The number of epoxide rings is 1. The summed E-state index contributed by atoms with van der Waals surface area (Å²) in [6, 6.07) is 19.0. The van der Waals surface area contributed by atoms with Crippen molar-refractivity contribution in [2.45, 2.75) is 109 Å². The highest BCUT2D eigenvalue weighted by atomic mass is 16.6. The molecule has 0 spiro atoms. The van der Waals surface area contributed by atoms with Crippen molar-refractivity contribution in [1.29, 1.82) is 0 Å². The Bertz CT molecular complexity index is 1820. The molecule has 4 atom stereocenters. The van der Waals surface area contributed by atoms with Crippen molar-refractivity contribution in [3.63, 3.8) is 0 Å². The second-order valence-electron chi connectivity index (χ2n) is 15.1. The van der Waals surface area contributed by atoms with Gasteiger partial charge in [-0.15, -0.1) is 0 Å². The molecule has 1 aliphatic heterocycles. The lowest BCUT2D eigenvalue weighted by atomic mass is 9.94. The Hall–Kier alpha value is -5.76. The fourth-order valence-corrected chi connectivity index (χ4v) is 5.91. The zero-order valence-corrected chi connectivity index (χ0v) is 32.6. The van der Waals surface area contributed by atoms with Gasteiger partial charge in [-0.3, -0.25) is 29.8 Å². The van der Waals surface area contributed by atoms with Crippen LogP contribution in [0.4, 0.5) is 21.0 Å². The van der Waals surface area contributed by atoms with E-state index in [2.05, 4.69) is 26.6 Å². The number of carbonyl (C=O) groups is 6. The Balaban J connectivity index is 1.61. The molecular weight excluding hydrogens is 718 g/mol. The second kappa shape index (κ2) is 19.7. The number of Topliss-reactive ketones (excluding diaryl/α,β-unsaturated/α-hetero) is 1. The van der Waals surface area contributed by atoms with Gasteiger partial charge in [0.1, 0.15) is 23.3 Å². The average Bonchev–Trinajstić information content (AvgIpc) is 3.89. The molecule has 4 unspecified atom stereocenters. The molecule has 300 valence electrons. The Labute approximate surface area is 327 Å².